The van der Waals surface area contributed by atoms with Crippen LogP contribution in [-0.2, 0) is 0 Å². The molecule has 5 heteroatoms. The van der Waals surface area contributed by atoms with Crippen LogP contribution >= 0.6 is 0 Å². The number of nitrogens with two attached hydrogens (primary N) is 1. The van der Waals surface area contributed by atoms with E-state index >= 15 is 0 Å². The Kier molecular flexibility index (Phi) is 4.68. The Morgan fingerprint density at radius 3 is 2.69 bits per heavy atom. The number of aryl methyl sites for hydroxylation is 2. The average molecular weight is 341 g/mol. The number of pyridine rings is 2. The van der Waals surface area contributed by atoms with Gasteiger partial charge in [-0.1, -0.05) is 18.7 Å². The Morgan fingerprint density at radius 1 is 1.19 bits per heavy atom. The predicted octanol–water partition coefficient (Wildman–Crippen LogP) is 4.30. The van der Waals surface area contributed by atoms with Crippen molar-refractivity contribution in [2.24, 2.45) is 0 Å². The first-order valence-electron chi connectivity index (χ1n) is 8.14. The molecular formula is C21H19N5. The lowest BCUT2D eigenvalue weighted by Crippen LogP contribution is -2.05. The third kappa shape index (κ3) is 3.55. The number of hydrogen-bond donors (Lipinski definition) is 2. The molecular weight excluding hydrogens is 322 g/mol. The van der Waals surface area contributed by atoms with Gasteiger partial charge in [0.2, 0.25) is 0 Å². The highest BCUT2D eigenvalue weighted by atomic mass is 14.9. The van der Waals surface area contributed by atoms with Crippen LogP contribution in [0.5, 0.6) is 0 Å². The van der Waals surface area contributed by atoms with E-state index in [2.05, 4.69) is 27.9 Å². The summed E-state index contributed by atoms with van der Waals surface area (Å²) < 4.78 is 0. The van der Waals surface area contributed by atoms with Crippen molar-refractivity contribution in [1.82, 2.24) is 9.97 Å². The van der Waals surface area contributed by atoms with Crippen LogP contribution in [-0.4, -0.2) is 9.97 Å². The Hall–Kier alpha value is -3.65. The topological polar surface area (TPSA) is 87.6 Å². The van der Waals surface area contributed by atoms with Crippen LogP contribution in [0, 0.1) is 25.2 Å². The zero-order chi connectivity index (χ0) is 18.7. The molecule has 0 aliphatic carbocycles. The number of aromatic nitrogens is 2. The lowest BCUT2D eigenvalue weighted by atomic mass is 10.1. The number of hydrogen-bond acceptors (Lipinski definition) is 5. The molecule has 0 amide bonds. The summed E-state index contributed by atoms with van der Waals surface area (Å²) >= 11 is 0. The van der Waals surface area contributed by atoms with Crippen LogP contribution in [0.4, 0.5) is 11.4 Å². The third-order valence-electron chi connectivity index (χ3n) is 4.01. The highest BCUT2D eigenvalue weighted by molar-refractivity contribution is 5.80. The number of nitriles is 1. The van der Waals surface area contributed by atoms with Crippen molar-refractivity contribution in [3.63, 3.8) is 0 Å². The van der Waals surface area contributed by atoms with E-state index in [1.165, 1.54) is 0 Å². The minimum Gasteiger partial charge on any atom is -0.397 e. The molecule has 0 saturated carbocycles. The van der Waals surface area contributed by atoms with Crippen LogP contribution in [0.25, 0.3) is 17.0 Å². The summed E-state index contributed by atoms with van der Waals surface area (Å²) in [6.07, 6.45) is 1.64. The fraction of sp³-hybridized carbons (Fsp3) is 0.0952. The largest absolute Gasteiger partial charge is 0.397 e. The predicted molar refractivity (Wildman–Crippen MR) is 105 cm³/mol. The molecule has 0 fully saturated rings. The standard InChI is InChI=1S/C21H19N5/c1-13-5-4-6-17(9-13)25-15(3)21-18(23)7-8-19(26-21)16-10-14(2)20(11-22)24-12-16/h4-10,12,25H,3,23H2,1-2H3. The van der Waals surface area contributed by atoms with Crippen molar-refractivity contribution in [3.8, 4) is 17.3 Å². The summed E-state index contributed by atoms with van der Waals surface area (Å²) in [6.45, 7) is 7.96. The molecule has 2 aromatic heterocycles. The number of anilines is 2. The van der Waals surface area contributed by atoms with Crippen molar-refractivity contribution in [2.45, 2.75) is 13.8 Å². The maximum Gasteiger partial charge on any atom is 0.143 e. The molecule has 0 atom stereocenters. The molecule has 0 spiro atoms. The number of rotatable bonds is 4. The van der Waals surface area contributed by atoms with E-state index in [9.17, 15) is 0 Å². The fourth-order valence-electron chi connectivity index (χ4n) is 2.66. The lowest BCUT2D eigenvalue weighted by molar-refractivity contribution is 1.19. The molecule has 0 saturated heterocycles. The van der Waals surface area contributed by atoms with Crippen LogP contribution in [0.3, 0.4) is 0 Å². The van der Waals surface area contributed by atoms with Crippen molar-refractivity contribution < 1.29 is 0 Å². The van der Waals surface area contributed by atoms with Gasteiger partial charge in [0.25, 0.3) is 0 Å². The molecule has 3 rings (SSSR count). The monoisotopic (exact) mass is 341 g/mol. The lowest BCUT2D eigenvalue weighted by Gasteiger charge is -2.13. The fourth-order valence-corrected chi connectivity index (χ4v) is 2.66. The highest BCUT2D eigenvalue weighted by Crippen LogP contribution is 2.26. The van der Waals surface area contributed by atoms with Gasteiger partial charge in [-0.2, -0.15) is 5.26 Å². The number of benzene rings is 1. The smallest absolute Gasteiger partial charge is 0.143 e. The van der Waals surface area contributed by atoms with E-state index in [1.54, 1.807) is 12.3 Å². The maximum atomic E-state index is 9.03. The molecule has 0 aliphatic rings. The SMILES string of the molecule is C=C(Nc1cccc(C)c1)c1nc(-c2cnc(C#N)c(C)c2)ccc1N. The Morgan fingerprint density at radius 2 is 2.00 bits per heavy atom. The second-order valence-electron chi connectivity index (χ2n) is 6.11. The zero-order valence-electron chi connectivity index (χ0n) is 14.7. The summed E-state index contributed by atoms with van der Waals surface area (Å²) in [6, 6.07) is 15.6. The van der Waals surface area contributed by atoms with Crippen molar-refractivity contribution in [2.75, 3.05) is 11.1 Å². The molecule has 2 heterocycles. The van der Waals surface area contributed by atoms with E-state index in [0.29, 0.717) is 22.8 Å². The van der Waals surface area contributed by atoms with Crippen LogP contribution in [0.1, 0.15) is 22.5 Å². The minimum absolute atomic E-state index is 0.412. The molecule has 3 aromatic rings. The molecule has 0 unspecified atom stereocenters. The Balaban J connectivity index is 1.94. The third-order valence-corrected chi connectivity index (χ3v) is 4.01. The average Bonchev–Trinajstić information content (AvgIpc) is 2.62. The highest BCUT2D eigenvalue weighted by Gasteiger charge is 2.10. The van der Waals surface area contributed by atoms with Crippen LogP contribution in [0.15, 0.2) is 55.2 Å². The Labute approximate surface area is 152 Å². The molecule has 1 aromatic carbocycles. The van der Waals surface area contributed by atoms with Gasteiger partial charge < -0.3 is 11.1 Å². The summed E-state index contributed by atoms with van der Waals surface area (Å²) in [5, 5.41) is 12.3. The van der Waals surface area contributed by atoms with Gasteiger partial charge in [0.05, 0.1) is 17.1 Å². The number of nitrogens with zero attached hydrogens (tertiary/aromatic N) is 3. The second kappa shape index (κ2) is 7.08. The Bertz CT molecular complexity index is 1030. The van der Waals surface area contributed by atoms with Crippen LogP contribution in [0.2, 0.25) is 0 Å². The van der Waals surface area contributed by atoms with Crippen molar-refractivity contribution >= 4 is 17.1 Å². The van der Waals surface area contributed by atoms with E-state index in [4.69, 9.17) is 11.0 Å². The number of nitrogens with one attached hydrogen (secondary N) is 1. The molecule has 0 aliphatic heterocycles. The zero-order valence-corrected chi connectivity index (χ0v) is 14.7. The maximum absolute atomic E-state index is 9.03. The van der Waals surface area contributed by atoms with Gasteiger partial charge in [-0.15, -0.1) is 0 Å². The molecule has 128 valence electrons. The van der Waals surface area contributed by atoms with E-state index in [-0.39, 0.29) is 0 Å². The van der Waals surface area contributed by atoms with Gasteiger partial charge >= 0.3 is 0 Å². The van der Waals surface area contributed by atoms with E-state index in [1.807, 2.05) is 50.2 Å². The normalized spacial score (nSPS) is 10.2. The van der Waals surface area contributed by atoms with Gasteiger partial charge in [0.1, 0.15) is 17.5 Å². The quantitative estimate of drug-likeness (QED) is 0.739. The van der Waals surface area contributed by atoms with E-state index < -0.39 is 0 Å². The number of nitrogen functional groups attached to an aromatic ring is 1. The van der Waals surface area contributed by atoms with Crippen molar-refractivity contribution in [1.29, 1.82) is 5.26 Å². The summed E-state index contributed by atoms with van der Waals surface area (Å²) in [7, 11) is 0. The first-order valence-corrected chi connectivity index (χ1v) is 8.14. The van der Waals surface area contributed by atoms with Gasteiger partial charge in [0.15, 0.2) is 0 Å². The first kappa shape index (κ1) is 17.2. The van der Waals surface area contributed by atoms with Crippen LogP contribution < -0.4 is 11.1 Å². The molecule has 0 radical (unpaired) electrons. The van der Waals surface area contributed by atoms with Crippen molar-refractivity contribution in [3.05, 3.63) is 77.8 Å². The minimum atomic E-state index is 0.412. The molecule has 5 nitrogen and oxygen atoms in total. The van der Waals surface area contributed by atoms with E-state index in [0.717, 1.165) is 28.1 Å². The summed E-state index contributed by atoms with van der Waals surface area (Å²) in [4.78, 5) is 8.82. The van der Waals surface area contributed by atoms with Gasteiger partial charge in [-0.05, 0) is 55.3 Å². The molecule has 3 N–H and O–H groups in total. The van der Waals surface area contributed by atoms with Gasteiger partial charge in [-0.25, -0.2) is 9.97 Å². The molecule has 26 heavy (non-hydrogen) atoms. The second-order valence-corrected chi connectivity index (χ2v) is 6.11. The molecule has 0 bridgehead atoms. The summed E-state index contributed by atoms with van der Waals surface area (Å²) in [5.41, 5.74) is 12.7. The first-order chi connectivity index (χ1) is 12.5. The van der Waals surface area contributed by atoms with Gasteiger partial charge in [-0.3, -0.25) is 0 Å². The van der Waals surface area contributed by atoms with Gasteiger partial charge in [0, 0.05) is 17.4 Å². The summed E-state index contributed by atoms with van der Waals surface area (Å²) in [5.74, 6) is 0.